The van der Waals surface area contributed by atoms with Crippen molar-refractivity contribution in [1.29, 1.82) is 0 Å². The first-order valence-corrected chi connectivity index (χ1v) is 5.70. The number of carbonyl (C=O) groups excluding carboxylic acids is 1. The van der Waals surface area contributed by atoms with Gasteiger partial charge < -0.3 is 15.5 Å². The van der Waals surface area contributed by atoms with Gasteiger partial charge in [0.2, 0.25) is 0 Å². The van der Waals surface area contributed by atoms with E-state index in [1.165, 1.54) is 12.1 Å². The molecule has 0 bridgehead atoms. The van der Waals surface area contributed by atoms with Gasteiger partial charge in [-0.25, -0.2) is 4.79 Å². The molecular weight excluding hydrogens is 274 g/mol. The second kappa shape index (κ2) is 6.19. The number of amides is 1. The van der Waals surface area contributed by atoms with E-state index in [1.807, 2.05) is 0 Å². The lowest BCUT2D eigenvalue weighted by atomic mass is 10.1. The van der Waals surface area contributed by atoms with Crippen LogP contribution in [0, 0.1) is 6.92 Å². The summed E-state index contributed by atoms with van der Waals surface area (Å²) in [6.45, 7) is 1.73. The van der Waals surface area contributed by atoms with E-state index in [2.05, 4.69) is 5.32 Å². The second-order valence-corrected chi connectivity index (χ2v) is 4.42. The van der Waals surface area contributed by atoms with E-state index < -0.39 is 30.3 Å². The lowest BCUT2D eigenvalue weighted by molar-refractivity contribution is -0.145. The molecule has 0 spiro atoms. The van der Waals surface area contributed by atoms with Crippen LogP contribution in [0.3, 0.4) is 0 Å². The largest absolute Gasteiger partial charge is 0.481 e. The highest BCUT2D eigenvalue weighted by Gasteiger charge is 2.23. The van der Waals surface area contributed by atoms with Crippen molar-refractivity contribution in [3.63, 3.8) is 0 Å². The van der Waals surface area contributed by atoms with Gasteiger partial charge in [-0.2, -0.15) is 0 Å². The van der Waals surface area contributed by atoms with Crippen LogP contribution >= 0.6 is 11.6 Å². The lowest BCUT2D eigenvalue weighted by Crippen LogP contribution is -2.42. The first-order chi connectivity index (χ1) is 8.79. The topological polar surface area (TPSA) is 104 Å². The van der Waals surface area contributed by atoms with E-state index in [9.17, 15) is 14.4 Å². The Kier molecular flexibility index (Phi) is 4.88. The molecule has 0 fully saturated rings. The summed E-state index contributed by atoms with van der Waals surface area (Å²) >= 11 is 5.79. The summed E-state index contributed by atoms with van der Waals surface area (Å²) in [5.74, 6) is -3.40. The molecule has 7 heteroatoms. The molecule has 0 aromatic heterocycles. The molecule has 1 rings (SSSR count). The summed E-state index contributed by atoms with van der Waals surface area (Å²) in [5.41, 5.74) is 0.921. The standard InChI is InChI=1S/C12H12ClNO5/c1-6-2-7(4-8(13)3-6)11(17)14-9(12(18)19)5-10(15)16/h2-4,9H,5H2,1H3,(H,14,17)(H,15,16)(H,18,19). The number of hydrogen-bond acceptors (Lipinski definition) is 3. The van der Waals surface area contributed by atoms with E-state index in [-0.39, 0.29) is 5.56 Å². The number of benzene rings is 1. The van der Waals surface area contributed by atoms with E-state index >= 15 is 0 Å². The van der Waals surface area contributed by atoms with Crippen molar-refractivity contribution in [3.05, 3.63) is 34.3 Å². The highest BCUT2D eigenvalue weighted by molar-refractivity contribution is 6.31. The van der Waals surface area contributed by atoms with Gasteiger partial charge in [0.25, 0.3) is 5.91 Å². The molecule has 0 saturated heterocycles. The van der Waals surface area contributed by atoms with Crippen LogP contribution in [0.15, 0.2) is 18.2 Å². The summed E-state index contributed by atoms with van der Waals surface area (Å²) in [7, 11) is 0. The van der Waals surface area contributed by atoms with Crippen molar-refractivity contribution < 1.29 is 24.6 Å². The van der Waals surface area contributed by atoms with Gasteiger partial charge in [0.15, 0.2) is 0 Å². The molecule has 3 N–H and O–H groups in total. The molecule has 102 valence electrons. The maximum Gasteiger partial charge on any atom is 0.326 e. The van der Waals surface area contributed by atoms with Crippen LogP contribution in [0.5, 0.6) is 0 Å². The van der Waals surface area contributed by atoms with Crippen LogP contribution < -0.4 is 5.32 Å². The Morgan fingerprint density at radius 2 is 1.89 bits per heavy atom. The van der Waals surface area contributed by atoms with Crippen LogP contribution in [0.25, 0.3) is 0 Å². The highest BCUT2D eigenvalue weighted by Crippen LogP contribution is 2.14. The van der Waals surface area contributed by atoms with Gasteiger partial charge in [0, 0.05) is 10.6 Å². The summed E-state index contributed by atoms with van der Waals surface area (Å²) in [5, 5.41) is 19.9. The normalized spacial score (nSPS) is 11.7. The zero-order valence-electron chi connectivity index (χ0n) is 10.0. The van der Waals surface area contributed by atoms with Crippen LogP contribution in [-0.4, -0.2) is 34.1 Å². The number of hydrogen-bond donors (Lipinski definition) is 3. The molecule has 19 heavy (non-hydrogen) atoms. The van der Waals surface area contributed by atoms with Crippen molar-refractivity contribution in [1.82, 2.24) is 5.32 Å². The SMILES string of the molecule is Cc1cc(Cl)cc(C(=O)NC(CC(=O)O)C(=O)O)c1. The molecule has 6 nitrogen and oxygen atoms in total. The average Bonchev–Trinajstić information content (AvgIpc) is 2.25. The average molecular weight is 286 g/mol. The van der Waals surface area contributed by atoms with Crippen LogP contribution in [0.2, 0.25) is 5.02 Å². The number of carboxylic acids is 2. The van der Waals surface area contributed by atoms with Gasteiger partial charge in [0.1, 0.15) is 6.04 Å². The molecule has 1 aromatic carbocycles. The number of rotatable bonds is 5. The monoisotopic (exact) mass is 285 g/mol. The Labute approximate surface area is 114 Å². The van der Waals surface area contributed by atoms with Gasteiger partial charge >= 0.3 is 11.9 Å². The fraction of sp³-hybridized carbons (Fsp3) is 0.250. The molecular formula is C12H12ClNO5. The van der Waals surface area contributed by atoms with E-state index in [0.29, 0.717) is 5.02 Å². The van der Waals surface area contributed by atoms with Crippen molar-refractivity contribution in [3.8, 4) is 0 Å². The third-order valence-electron chi connectivity index (χ3n) is 2.29. The zero-order valence-corrected chi connectivity index (χ0v) is 10.8. The third-order valence-corrected chi connectivity index (χ3v) is 2.50. The van der Waals surface area contributed by atoms with E-state index in [4.69, 9.17) is 21.8 Å². The van der Waals surface area contributed by atoms with E-state index in [1.54, 1.807) is 13.0 Å². The van der Waals surface area contributed by atoms with Crippen LogP contribution in [0.1, 0.15) is 22.3 Å². The van der Waals surface area contributed by atoms with Crippen molar-refractivity contribution >= 4 is 29.4 Å². The number of carbonyl (C=O) groups is 3. The predicted octanol–water partition coefficient (Wildman–Crippen LogP) is 1.31. The first kappa shape index (κ1) is 15.0. The maximum absolute atomic E-state index is 11.8. The molecule has 0 aliphatic carbocycles. The summed E-state index contributed by atoms with van der Waals surface area (Å²) in [4.78, 5) is 33.2. The minimum atomic E-state index is -1.48. The van der Waals surface area contributed by atoms with Gasteiger partial charge in [-0.05, 0) is 30.7 Å². The zero-order chi connectivity index (χ0) is 14.6. The molecule has 1 aromatic rings. The minimum absolute atomic E-state index is 0.182. The van der Waals surface area contributed by atoms with Crippen molar-refractivity contribution in [2.24, 2.45) is 0 Å². The third kappa shape index (κ3) is 4.59. The molecule has 0 saturated carbocycles. The number of carboxylic acid groups (broad SMARTS) is 2. The lowest BCUT2D eigenvalue weighted by Gasteiger charge is -2.12. The van der Waals surface area contributed by atoms with Crippen LogP contribution in [0.4, 0.5) is 0 Å². The maximum atomic E-state index is 11.8. The summed E-state index contributed by atoms with van der Waals surface area (Å²) in [6.07, 6.45) is -0.694. The van der Waals surface area contributed by atoms with Crippen molar-refractivity contribution in [2.75, 3.05) is 0 Å². The van der Waals surface area contributed by atoms with Gasteiger partial charge in [-0.15, -0.1) is 0 Å². The Bertz CT molecular complexity index is 509. The molecule has 1 amide bonds. The quantitative estimate of drug-likeness (QED) is 0.756. The van der Waals surface area contributed by atoms with Gasteiger partial charge in [-0.3, -0.25) is 9.59 Å². The number of aryl methyl sites for hydroxylation is 1. The number of aliphatic carboxylic acids is 2. The van der Waals surface area contributed by atoms with E-state index in [0.717, 1.165) is 5.56 Å². The first-order valence-electron chi connectivity index (χ1n) is 5.32. The molecule has 0 aliphatic heterocycles. The van der Waals surface area contributed by atoms with Gasteiger partial charge in [0.05, 0.1) is 6.42 Å². The van der Waals surface area contributed by atoms with Crippen molar-refractivity contribution in [2.45, 2.75) is 19.4 Å². The molecule has 1 atom stereocenters. The Hall–Kier alpha value is -2.08. The summed E-state index contributed by atoms with van der Waals surface area (Å²) < 4.78 is 0. The number of halogens is 1. The number of nitrogens with one attached hydrogen (secondary N) is 1. The molecule has 0 heterocycles. The van der Waals surface area contributed by atoms with Crippen LogP contribution in [-0.2, 0) is 9.59 Å². The second-order valence-electron chi connectivity index (χ2n) is 3.98. The fourth-order valence-corrected chi connectivity index (χ4v) is 1.77. The highest BCUT2D eigenvalue weighted by atomic mass is 35.5. The minimum Gasteiger partial charge on any atom is -0.481 e. The molecule has 0 radical (unpaired) electrons. The smallest absolute Gasteiger partial charge is 0.326 e. The predicted molar refractivity (Wildman–Crippen MR) is 67.3 cm³/mol. The molecule has 1 unspecified atom stereocenters. The van der Waals surface area contributed by atoms with Gasteiger partial charge in [-0.1, -0.05) is 11.6 Å². The Morgan fingerprint density at radius 1 is 1.26 bits per heavy atom. The Morgan fingerprint density at radius 3 is 2.37 bits per heavy atom. The Balaban J connectivity index is 2.87. The molecule has 0 aliphatic rings. The fourth-order valence-electron chi connectivity index (χ4n) is 1.48. The summed E-state index contributed by atoms with van der Waals surface area (Å²) in [6, 6.07) is 3.07.